The molecule has 0 aromatic rings. The first kappa shape index (κ1) is 15.1. The van der Waals surface area contributed by atoms with Crippen molar-refractivity contribution in [2.75, 3.05) is 19.6 Å². The maximum Gasteiger partial charge on any atom is 0.317 e. The summed E-state index contributed by atoms with van der Waals surface area (Å²) < 4.78 is 0. The van der Waals surface area contributed by atoms with Crippen LogP contribution in [-0.2, 0) is 4.79 Å². The number of carboxylic acids is 1. The van der Waals surface area contributed by atoms with Gasteiger partial charge in [-0.1, -0.05) is 26.7 Å². The normalized spacial score (nSPS) is 28.6. The maximum atomic E-state index is 12.2. The molecule has 0 unspecified atom stereocenters. The molecule has 0 bridgehead atoms. The molecule has 1 heterocycles. The third-order valence-electron chi connectivity index (χ3n) is 5.25. The smallest absolute Gasteiger partial charge is 0.317 e. The highest BCUT2D eigenvalue weighted by Gasteiger charge is 2.38. The molecular formula is C15H26N2O3. The molecule has 2 fully saturated rings. The number of carboxylic acid groups (broad SMARTS) is 1. The van der Waals surface area contributed by atoms with E-state index in [0.29, 0.717) is 13.1 Å². The number of amides is 2. The summed E-state index contributed by atoms with van der Waals surface area (Å²) in [5.41, 5.74) is 0.271. The minimum Gasteiger partial charge on any atom is -0.481 e. The Balaban J connectivity index is 1.85. The van der Waals surface area contributed by atoms with Gasteiger partial charge in [-0.3, -0.25) is 4.79 Å². The van der Waals surface area contributed by atoms with Crippen LogP contribution in [0, 0.1) is 17.3 Å². The number of rotatable bonds is 4. The van der Waals surface area contributed by atoms with E-state index in [9.17, 15) is 9.59 Å². The van der Waals surface area contributed by atoms with Crippen LogP contribution < -0.4 is 5.32 Å². The minimum absolute atomic E-state index is 0.0323. The van der Waals surface area contributed by atoms with Crippen LogP contribution in [0.25, 0.3) is 0 Å². The molecule has 2 rings (SSSR count). The third kappa shape index (κ3) is 3.07. The first-order valence-corrected chi connectivity index (χ1v) is 7.73. The zero-order valence-electron chi connectivity index (χ0n) is 12.5. The van der Waals surface area contributed by atoms with Crippen molar-refractivity contribution in [3.8, 4) is 0 Å². The molecule has 5 nitrogen and oxygen atoms in total. The van der Waals surface area contributed by atoms with Gasteiger partial charge in [-0.25, -0.2) is 4.79 Å². The molecule has 2 N–H and O–H groups in total. The Hall–Kier alpha value is -1.26. The number of nitrogens with zero attached hydrogens (tertiary/aromatic N) is 1. The summed E-state index contributed by atoms with van der Waals surface area (Å²) in [5, 5.41) is 12.1. The van der Waals surface area contributed by atoms with Crippen LogP contribution in [0.15, 0.2) is 0 Å². The number of aliphatic carboxylic acids is 1. The van der Waals surface area contributed by atoms with Crippen LogP contribution in [0.1, 0.15) is 46.0 Å². The zero-order valence-corrected chi connectivity index (χ0v) is 12.5. The summed E-state index contributed by atoms with van der Waals surface area (Å²) >= 11 is 0. The third-order valence-corrected chi connectivity index (χ3v) is 5.25. The van der Waals surface area contributed by atoms with Crippen LogP contribution in [0.4, 0.5) is 4.79 Å². The monoisotopic (exact) mass is 282 g/mol. The van der Waals surface area contributed by atoms with E-state index < -0.39 is 11.9 Å². The lowest BCUT2D eigenvalue weighted by Gasteiger charge is -2.29. The Kier molecular flexibility index (Phi) is 4.55. The first-order chi connectivity index (χ1) is 9.47. The van der Waals surface area contributed by atoms with Gasteiger partial charge in [0, 0.05) is 19.6 Å². The van der Waals surface area contributed by atoms with E-state index in [2.05, 4.69) is 12.2 Å². The molecule has 2 atom stereocenters. The second-order valence-corrected chi connectivity index (χ2v) is 6.55. The Labute approximate surface area is 120 Å². The first-order valence-electron chi connectivity index (χ1n) is 7.73. The van der Waals surface area contributed by atoms with Gasteiger partial charge < -0.3 is 15.3 Å². The van der Waals surface area contributed by atoms with Crippen molar-refractivity contribution < 1.29 is 14.7 Å². The highest BCUT2D eigenvalue weighted by Crippen LogP contribution is 2.40. The van der Waals surface area contributed by atoms with Gasteiger partial charge in [0.25, 0.3) is 0 Å². The van der Waals surface area contributed by atoms with Crippen molar-refractivity contribution in [2.45, 2.75) is 46.0 Å². The molecule has 20 heavy (non-hydrogen) atoms. The van der Waals surface area contributed by atoms with Crippen molar-refractivity contribution in [1.82, 2.24) is 10.2 Å². The van der Waals surface area contributed by atoms with Crippen molar-refractivity contribution in [1.29, 1.82) is 0 Å². The van der Waals surface area contributed by atoms with Gasteiger partial charge >= 0.3 is 12.0 Å². The average Bonchev–Trinajstić information content (AvgIpc) is 3.03. The average molecular weight is 282 g/mol. The Morgan fingerprint density at radius 2 is 1.95 bits per heavy atom. The molecule has 0 spiro atoms. The number of likely N-dealkylation sites (tertiary alicyclic amines) is 1. The number of carbonyl (C=O) groups is 2. The second kappa shape index (κ2) is 6.02. The van der Waals surface area contributed by atoms with E-state index in [1.165, 1.54) is 25.7 Å². The van der Waals surface area contributed by atoms with Crippen LogP contribution >= 0.6 is 0 Å². The fourth-order valence-corrected chi connectivity index (χ4v) is 3.61. The van der Waals surface area contributed by atoms with E-state index in [4.69, 9.17) is 5.11 Å². The summed E-state index contributed by atoms with van der Waals surface area (Å²) in [5.74, 6) is -1.19. The lowest BCUT2D eigenvalue weighted by molar-refractivity contribution is -0.142. The van der Waals surface area contributed by atoms with Crippen molar-refractivity contribution >= 4 is 12.0 Å². The van der Waals surface area contributed by atoms with Gasteiger partial charge in [-0.2, -0.15) is 0 Å². The topological polar surface area (TPSA) is 69.6 Å². The lowest BCUT2D eigenvalue weighted by atomic mass is 9.83. The molecule has 5 heteroatoms. The van der Waals surface area contributed by atoms with E-state index in [-0.39, 0.29) is 17.4 Å². The molecule has 1 aliphatic carbocycles. The molecule has 2 amide bonds. The highest BCUT2D eigenvalue weighted by molar-refractivity contribution is 5.77. The summed E-state index contributed by atoms with van der Waals surface area (Å²) in [6.45, 7) is 5.70. The molecule has 1 saturated heterocycles. The zero-order chi connectivity index (χ0) is 14.8. The van der Waals surface area contributed by atoms with Crippen LogP contribution in [0.3, 0.4) is 0 Å². The summed E-state index contributed by atoms with van der Waals surface area (Å²) in [7, 11) is 0. The predicted octanol–water partition coefficient (Wildman–Crippen LogP) is 2.32. The summed E-state index contributed by atoms with van der Waals surface area (Å²) in [4.78, 5) is 24.9. The number of urea groups is 1. The Morgan fingerprint density at radius 1 is 1.30 bits per heavy atom. The fourth-order valence-electron chi connectivity index (χ4n) is 3.61. The number of carbonyl (C=O) groups excluding carboxylic acids is 1. The van der Waals surface area contributed by atoms with Gasteiger partial charge in [0.15, 0.2) is 0 Å². The highest BCUT2D eigenvalue weighted by atomic mass is 16.4. The maximum absolute atomic E-state index is 12.2. The van der Waals surface area contributed by atoms with Gasteiger partial charge in [0.2, 0.25) is 0 Å². The fraction of sp³-hybridized carbons (Fsp3) is 0.867. The van der Waals surface area contributed by atoms with E-state index >= 15 is 0 Å². The van der Waals surface area contributed by atoms with E-state index in [0.717, 1.165) is 13.0 Å². The molecule has 2 aliphatic rings. The van der Waals surface area contributed by atoms with Gasteiger partial charge in [-0.15, -0.1) is 0 Å². The van der Waals surface area contributed by atoms with Gasteiger partial charge in [0.05, 0.1) is 5.92 Å². The lowest BCUT2D eigenvalue weighted by Crippen LogP contribution is -2.43. The number of nitrogens with one attached hydrogen (secondary N) is 1. The Morgan fingerprint density at radius 3 is 2.45 bits per heavy atom. The molecule has 114 valence electrons. The molecule has 0 radical (unpaired) electrons. The van der Waals surface area contributed by atoms with Crippen molar-refractivity contribution in [3.05, 3.63) is 0 Å². The minimum atomic E-state index is -0.798. The van der Waals surface area contributed by atoms with Crippen LogP contribution in [0.5, 0.6) is 0 Å². The van der Waals surface area contributed by atoms with Gasteiger partial charge in [0.1, 0.15) is 0 Å². The van der Waals surface area contributed by atoms with Crippen molar-refractivity contribution in [3.63, 3.8) is 0 Å². The quantitative estimate of drug-likeness (QED) is 0.831. The molecule has 0 aromatic heterocycles. The molecule has 1 aliphatic heterocycles. The van der Waals surface area contributed by atoms with E-state index in [1.807, 2.05) is 6.92 Å². The summed E-state index contributed by atoms with van der Waals surface area (Å²) in [6.07, 6.45) is 5.99. The largest absolute Gasteiger partial charge is 0.481 e. The SMILES string of the molecule is CCC1(CNC(=O)N2C[C@@H](C)[C@H](C(=O)O)C2)CCCC1. The van der Waals surface area contributed by atoms with Gasteiger partial charge in [-0.05, 0) is 30.6 Å². The van der Waals surface area contributed by atoms with E-state index in [1.54, 1.807) is 4.90 Å². The predicted molar refractivity (Wildman–Crippen MR) is 76.5 cm³/mol. The summed E-state index contributed by atoms with van der Waals surface area (Å²) in [6, 6.07) is -0.0969. The standard InChI is InChI=1S/C15H26N2O3/c1-3-15(6-4-5-7-15)10-16-14(20)17-8-11(2)12(9-17)13(18)19/h11-12H,3-10H2,1-2H3,(H,16,20)(H,18,19)/t11-,12-/m1/s1. The molecule has 1 saturated carbocycles. The number of hydrogen-bond donors (Lipinski definition) is 2. The molecular weight excluding hydrogens is 256 g/mol. The van der Waals surface area contributed by atoms with Crippen LogP contribution in [-0.4, -0.2) is 41.6 Å². The second-order valence-electron chi connectivity index (χ2n) is 6.55. The Bertz CT molecular complexity index is 377. The van der Waals surface area contributed by atoms with Crippen molar-refractivity contribution in [2.24, 2.45) is 17.3 Å². The number of hydrogen-bond acceptors (Lipinski definition) is 2. The molecule has 0 aromatic carbocycles. The van der Waals surface area contributed by atoms with Crippen LogP contribution in [0.2, 0.25) is 0 Å².